The van der Waals surface area contributed by atoms with Crippen molar-refractivity contribution in [3.05, 3.63) is 53.6 Å². The van der Waals surface area contributed by atoms with Gasteiger partial charge in [-0.3, -0.25) is 0 Å². The van der Waals surface area contributed by atoms with Crippen LogP contribution in [0.25, 0.3) is 6.08 Å². The summed E-state index contributed by atoms with van der Waals surface area (Å²) in [4.78, 5) is 0. The normalized spacial score (nSPS) is 13.4. The van der Waals surface area contributed by atoms with Gasteiger partial charge in [-0.1, -0.05) is 63.3 Å². The van der Waals surface area contributed by atoms with Gasteiger partial charge < -0.3 is 9.53 Å². The summed E-state index contributed by atoms with van der Waals surface area (Å²) >= 11 is 0. The Bertz CT molecular complexity index is 496. The van der Waals surface area contributed by atoms with Crippen LogP contribution in [0.15, 0.2) is 42.5 Å². The van der Waals surface area contributed by atoms with Crippen molar-refractivity contribution in [2.45, 2.75) is 45.5 Å². The van der Waals surface area contributed by atoms with Gasteiger partial charge in [0.05, 0.1) is 13.2 Å². The first-order valence-corrected chi connectivity index (χ1v) is 10.3. The van der Waals surface area contributed by atoms with E-state index >= 15 is 0 Å². The first kappa shape index (κ1) is 17.9. The molecule has 1 aromatic carbocycles. The lowest BCUT2D eigenvalue weighted by Crippen LogP contribution is -2.40. The highest BCUT2D eigenvalue weighted by molar-refractivity contribution is 6.74. The van der Waals surface area contributed by atoms with Crippen molar-refractivity contribution in [3.8, 4) is 0 Å². The largest absolute Gasteiger partial charge is 0.413 e. The summed E-state index contributed by atoms with van der Waals surface area (Å²) in [7, 11) is -1.70. The summed E-state index contributed by atoms with van der Waals surface area (Å²) in [5.74, 6) is 0. The van der Waals surface area contributed by atoms with Crippen LogP contribution in [0.4, 0.5) is 0 Å². The summed E-state index contributed by atoms with van der Waals surface area (Å²) < 4.78 is 6.25. The van der Waals surface area contributed by atoms with E-state index in [0.29, 0.717) is 6.61 Å². The molecular formula is C18H28O2Si. The second kappa shape index (κ2) is 7.73. The number of aliphatic hydroxyl groups is 1. The van der Waals surface area contributed by atoms with Crippen molar-refractivity contribution in [2.24, 2.45) is 0 Å². The Kier molecular flexibility index (Phi) is 6.59. The fraction of sp³-hybridized carbons (Fsp3) is 0.444. The standard InChI is InChI=1S/C18H28O2Si/c1-18(2,3)21(4,5)20-15-17-12-9-11-16(14-17)10-7-6-8-13-19/h6-12,14,19H,13,15H2,1-5H3. The fourth-order valence-corrected chi connectivity index (χ4v) is 2.53. The molecule has 0 spiro atoms. The van der Waals surface area contributed by atoms with Crippen LogP contribution in [-0.4, -0.2) is 20.0 Å². The van der Waals surface area contributed by atoms with E-state index in [1.807, 2.05) is 18.2 Å². The lowest BCUT2D eigenvalue weighted by atomic mass is 10.1. The summed E-state index contributed by atoms with van der Waals surface area (Å²) in [6.45, 7) is 12.1. The van der Waals surface area contributed by atoms with E-state index < -0.39 is 8.32 Å². The molecule has 0 aliphatic carbocycles. The van der Waals surface area contributed by atoms with Gasteiger partial charge in [0, 0.05) is 0 Å². The highest BCUT2D eigenvalue weighted by Gasteiger charge is 2.36. The van der Waals surface area contributed by atoms with Gasteiger partial charge in [0.2, 0.25) is 0 Å². The molecule has 0 heterocycles. The average molecular weight is 305 g/mol. The highest BCUT2D eigenvalue weighted by atomic mass is 28.4. The van der Waals surface area contributed by atoms with Crippen LogP contribution in [0.2, 0.25) is 18.1 Å². The van der Waals surface area contributed by atoms with E-state index in [-0.39, 0.29) is 11.6 Å². The molecule has 3 heteroatoms. The second-order valence-electron chi connectivity index (χ2n) is 6.76. The van der Waals surface area contributed by atoms with Gasteiger partial charge in [-0.25, -0.2) is 0 Å². The minimum absolute atomic E-state index is 0.0741. The zero-order valence-corrected chi connectivity index (χ0v) is 14.9. The van der Waals surface area contributed by atoms with Gasteiger partial charge in [-0.15, -0.1) is 0 Å². The van der Waals surface area contributed by atoms with Crippen LogP contribution in [0.3, 0.4) is 0 Å². The molecule has 0 aromatic heterocycles. The van der Waals surface area contributed by atoms with E-state index in [1.165, 1.54) is 5.56 Å². The molecule has 0 saturated heterocycles. The Balaban J connectivity index is 2.69. The van der Waals surface area contributed by atoms with Gasteiger partial charge in [0.1, 0.15) is 0 Å². The molecule has 1 rings (SSSR count). The number of aliphatic hydroxyl groups excluding tert-OH is 1. The molecule has 0 amide bonds. The Hall–Kier alpha value is -1.16. The molecule has 0 bridgehead atoms. The summed E-state index contributed by atoms with van der Waals surface area (Å²) in [5.41, 5.74) is 2.35. The van der Waals surface area contributed by atoms with Crippen LogP contribution >= 0.6 is 0 Å². The molecule has 0 unspecified atom stereocenters. The van der Waals surface area contributed by atoms with Crippen LogP contribution in [0, 0.1) is 0 Å². The smallest absolute Gasteiger partial charge is 0.192 e. The maximum absolute atomic E-state index is 8.69. The number of rotatable bonds is 6. The molecule has 0 aliphatic rings. The summed E-state index contributed by atoms with van der Waals surface area (Å²) in [6.07, 6.45) is 7.52. The maximum Gasteiger partial charge on any atom is 0.192 e. The molecule has 0 saturated carbocycles. The second-order valence-corrected chi connectivity index (χ2v) is 11.6. The summed E-state index contributed by atoms with van der Waals surface area (Å²) in [5, 5.41) is 8.92. The molecule has 0 radical (unpaired) electrons. The van der Waals surface area contributed by atoms with Gasteiger partial charge in [-0.05, 0) is 35.3 Å². The van der Waals surface area contributed by atoms with Crippen molar-refractivity contribution < 1.29 is 9.53 Å². The van der Waals surface area contributed by atoms with E-state index in [2.05, 4.69) is 58.1 Å². The Labute approximate surface area is 130 Å². The first-order chi connectivity index (χ1) is 9.76. The number of allylic oxidation sites excluding steroid dienone is 2. The third-order valence-corrected chi connectivity index (χ3v) is 8.48. The Morgan fingerprint density at radius 3 is 2.52 bits per heavy atom. The van der Waals surface area contributed by atoms with E-state index in [1.54, 1.807) is 6.08 Å². The molecule has 0 fully saturated rings. The van der Waals surface area contributed by atoms with Crippen molar-refractivity contribution in [1.82, 2.24) is 0 Å². The minimum atomic E-state index is -1.70. The predicted molar refractivity (Wildman–Crippen MR) is 93.7 cm³/mol. The Morgan fingerprint density at radius 1 is 1.19 bits per heavy atom. The van der Waals surface area contributed by atoms with Crippen LogP contribution in [0.1, 0.15) is 31.9 Å². The third kappa shape index (κ3) is 6.00. The molecule has 1 aromatic rings. The molecule has 2 nitrogen and oxygen atoms in total. The SMILES string of the molecule is CC(C)(C)[Si](C)(C)OCc1cccc(C=CC=CCO)c1. The molecule has 0 atom stereocenters. The molecule has 1 N–H and O–H groups in total. The van der Waals surface area contributed by atoms with E-state index in [4.69, 9.17) is 9.53 Å². The number of hydrogen-bond acceptors (Lipinski definition) is 2. The molecule has 116 valence electrons. The van der Waals surface area contributed by atoms with Gasteiger partial charge in [0.25, 0.3) is 0 Å². The van der Waals surface area contributed by atoms with Crippen molar-refractivity contribution in [3.63, 3.8) is 0 Å². The van der Waals surface area contributed by atoms with Crippen molar-refractivity contribution in [1.29, 1.82) is 0 Å². The average Bonchev–Trinajstić information content (AvgIpc) is 2.41. The van der Waals surface area contributed by atoms with Gasteiger partial charge >= 0.3 is 0 Å². The van der Waals surface area contributed by atoms with Crippen molar-refractivity contribution in [2.75, 3.05) is 6.61 Å². The van der Waals surface area contributed by atoms with Gasteiger partial charge in [-0.2, -0.15) is 0 Å². The topological polar surface area (TPSA) is 29.5 Å². The van der Waals surface area contributed by atoms with Crippen LogP contribution in [-0.2, 0) is 11.0 Å². The fourth-order valence-electron chi connectivity index (χ4n) is 1.57. The lowest BCUT2D eigenvalue weighted by Gasteiger charge is -2.36. The zero-order chi connectivity index (χ0) is 15.9. The van der Waals surface area contributed by atoms with Crippen LogP contribution < -0.4 is 0 Å². The number of benzene rings is 1. The maximum atomic E-state index is 8.69. The number of hydrogen-bond donors (Lipinski definition) is 1. The summed E-state index contributed by atoms with van der Waals surface area (Å²) in [6, 6.07) is 8.38. The predicted octanol–water partition coefficient (Wildman–Crippen LogP) is 4.77. The molecular weight excluding hydrogens is 276 g/mol. The van der Waals surface area contributed by atoms with Gasteiger partial charge in [0.15, 0.2) is 8.32 Å². The monoisotopic (exact) mass is 304 g/mol. The first-order valence-electron chi connectivity index (χ1n) is 7.43. The lowest BCUT2D eigenvalue weighted by molar-refractivity contribution is 0.276. The third-order valence-electron chi connectivity index (χ3n) is 4.00. The van der Waals surface area contributed by atoms with Crippen LogP contribution in [0.5, 0.6) is 0 Å². The van der Waals surface area contributed by atoms with E-state index in [0.717, 1.165) is 5.56 Å². The minimum Gasteiger partial charge on any atom is -0.413 e. The zero-order valence-electron chi connectivity index (χ0n) is 13.9. The quantitative estimate of drug-likeness (QED) is 0.606. The van der Waals surface area contributed by atoms with Crippen molar-refractivity contribution >= 4 is 14.4 Å². The Morgan fingerprint density at radius 2 is 1.90 bits per heavy atom. The molecule has 0 aliphatic heterocycles. The van der Waals surface area contributed by atoms with E-state index in [9.17, 15) is 0 Å². The molecule has 21 heavy (non-hydrogen) atoms. The highest BCUT2D eigenvalue weighted by Crippen LogP contribution is 2.37.